The van der Waals surface area contributed by atoms with Crippen LogP contribution in [0.3, 0.4) is 0 Å². The fourth-order valence-electron chi connectivity index (χ4n) is 2.34. The Morgan fingerprint density at radius 1 is 1.13 bits per heavy atom. The van der Waals surface area contributed by atoms with E-state index >= 15 is 0 Å². The van der Waals surface area contributed by atoms with Gasteiger partial charge in [-0.2, -0.15) is 0 Å². The third-order valence-electron chi connectivity index (χ3n) is 3.67. The van der Waals surface area contributed by atoms with Gasteiger partial charge in [0, 0.05) is 23.2 Å². The molecule has 0 bridgehead atoms. The second kappa shape index (κ2) is 8.20. The normalized spacial score (nSPS) is 12.4. The summed E-state index contributed by atoms with van der Waals surface area (Å²) in [5, 5.41) is 3.87. The van der Waals surface area contributed by atoms with Crippen LogP contribution in [0.25, 0.3) is 0 Å². The van der Waals surface area contributed by atoms with Crippen LogP contribution in [0, 0.1) is 5.82 Å². The highest BCUT2D eigenvalue weighted by atomic mass is 35.5. The van der Waals surface area contributed by atoms with E-state index in [9.17, 15) is 9.18 Å². The average Bonchev–Trinajstić information content (AvgIpc) is 2.53. The van der Waals surface area contributed by atoms with E-state index in [1.165, 1.54) is 24.3 Å². The Kier molecular flexibility index (Phi) is 6.28. The van der Waals surface area contributed by atoms with Gasteiger partial charge in [-0.15, -0.1) is 0 Å². The molecule has 2 aromatic carbocycles. The van der Waals surface area contributed by atoms with Crippen LogP contribution < -0.4 is 5.32 Å². The van der Waals surface area contributed by atoms with Crippen molar-refractivity contribution in [1.82, 2.24) is 10.2 Å². The van der Waals surface area contributed by atoms with E-state index in [-0.39, 0.29) is 24.2 Å². The zero-order valence-corrected chi connectivity index (χ0v) is 14.0. The fourth-order valence-corrected chi connectivity index (χ4v) is 2.47. The molecule has 0 amide bonds. The predicted octanol–water partition coefficient (Wildman–Crippen LogP) is 3.55. The lowest BCUT2D eigenvalue weighted by Gasteiger charge is -2.25. The van der Waals surface area contributed by atoms with Crippen molar-refractivity contribution in [3.8, 4) is 0 Å². The van der Waals surface area contributed by atoms with Gasteiger partial charge in [0.25, 0.3) is 0 Å². The molecular formula is C18H20ClFN2O. The number of nitrogens with zero attached hydrogens (tertiary/aromatic N) is 1. The fraction of sp³-hybridized carbons (Fsp3) is 0.278. The summed E-state index contributed by atoms with van der Waals surface area (Å²) in [7, 11) is 3.98. The zero-order chi connectivity index (χ0) is 16.8. The van der Waals surface area contributed by atoms with Crippen LogP contribution in [-0.2, 0) is 0 Å². The van der Waals surface area contributed by atoms with Gasteiger partial charge in [0.2, 0.25) is 0 Å². The van der Waals surface area contributed by atoms with Crippen molar-refractivity contribution >= 4 is 17.4 Å². The van der Waals surface area contributed by atoms with Gasteiger partial charge < -0.3 is 10.2 Å². The molecule has 1 atom stereocenters. The minimum atomic E-state index is -0.343. The molecule has 5 heteroatoms. The van der Waals surface area contributed by atoms with Gasteiger partial charge in [0.05, 0.1) is 6.54 Å². The molecule has 0 aliphatic heterocycles. The smallest absolute Gasteiger partial charge is 0.176 e. The molecule has 122 valence electrons. The van der Waals surface area contributed by atoms with E-state index < -0.39 is 0 Å². The van der Waals surface area contributed by atoms with Crippen molar-refractivity contribution in [1.29, 1.82) is 0 Å². The van der Waals surface area contributed by atoms with E-state index in [1.54, 1.807) is 0 Å². The lowest BCUT2D eigenvalue weighted by molar-refractivity contribution is 0.0988. The molecule has 3 nitrogen and oxygen atoms in total. The van der Waals surface area contributed by atoms with E-state index in [4.69, 9.17) is 11.6 Å². The summed E-state index contributed by atoms with van der Waals surface area (Å²) < 4.78 is 12.9. The SMILES string of the molecule is CN(C)C(CNCC(=O)c1ccc(F)cc1)c1ccc(Cl)cc1. The maximum atomic E-state index is 12.9. The minimum absolute atomic E-state index is 0.0568. The second-order valence-electron chi connectivity index (χ2n) is 5.59. The number of hydrogen-bond acceptors (Lipinski definition) is 3. The number of rotatable bonds is 7. The number of Topliss-reactive ketones (excluding diaryl/α,β-unsaturated/α-hetero) is 1. The van der Waals surface area contributed by atoms with E-state index in [2.05, 4.69) is 10.2 Å². The summed E-state index contributed by atoms with van der Waals surface area (Å²) in [6, 6.07) is 13.4. The van der Waals surface area contributed by atoms with Crippen LogP contribution in [0.2, 0.25) is 5.02 Å². The standard InChI is InChI=1S/C18H20ClFN2O/c1-22(2)17(13-3-7-15(19)8-4-13)11-21-12-18(23)14-5-9-16(20)10-6-14/h3-10,17,21H,11-12H2,1-2H3. The third kappa shape index (κ3) is 5.13. The maximum absolute atomic E-state index is 12.9. The van der Waals surface area contributed by atoms with Gasteiger partial charge in [0.15, 0.2) is 5.78 Å². The molecule has 0 fully saturated rings. The first-order valence-electron chi connectivity index (χ1n) is 7.39. The third-order valence-corrected chi connectivity index (χ3v) is 3.92. The molecule has 1 N–H and O–H groups in total. The van der Waals surface area contributed by atoms with Crippen LogP contribution >= 0.6 is 11.6 Å². The molecular weight excluding hydrogens is 315 g/mol. The van der Waals surface area contributed by atoms with Crippen molar-refractivity contribution in [3.05, 3.63) is 70.5 Å². The van der Waals surface area contributed by atoms with Crippen molar-refractivity contribution in [2.24, 2.45) is 0 Å². The quantitative estimate of drug-likeness (QED) is 0.786. The summed E-state index contributed by atoms with van der Waals surface area (Å²) in [6.07, 6.45) is 0. The summed E-state index contributed by atoms with van der Waals surface area (Å²) in [6.45, 7) is 0.838. The van der Waals surface area contributed by atoms with Crippen LogP contribution in [0.5, 0.6) is 0 Å². The topological polar surface area (TPSA) is 32.3 Å². The van der Waals surface area contributed by atoms with Crippen molar-refractivity contribution in [2.45, 2.75) is 6.04 Å². The average molecular weight is 335 g/mol. The number of halogens is 2. The largest absolute Gasteiger partial charge is 0.308 e. The van der Waals surface area contributed by atoms with Crippen molar-refractivity contribution < 1.29 is 9.18 Å². The number of benzene rings is 2. The minimum Gasteiger partial charge on any atom is -0.308 e. The van der Waals surface area contributed by atoms with Gasteiger partial charge in [-0.25, -0.2) is 4.39 Å². The monoisotopic (exact) mass is 334 g/mol. The molecule has 0 saturated heterocycles. The highest BCUT2D eigenvalue weighted by molar-refractivity contribution is 6.30. The predicted molar refractivity (Wildman–Crippen MR) is 91.5 cm³/mol. The van der Waals surface area contributed by atoms with Gasteiger partial charge in [0.1, 0.15) is 5.82 Å². The van der Waals surface area contributed by atoms with Crippen LogP contribution in [0.15, 0.2) is 48.5 Å². The molecule has 1 unspecified atom stereocenters. The summed E-state index contributed by atoms with van der Waals surface area (Å²) >= 11 is 5.92. The zero-order valence-electron chi connectivity index (χ0n) is 13.2. The molecule has 2 rings (SSSR count). The lowest BCUT2D eigenvalue weighted by atomic mass is 10.1. The van der Waals surface area contributed by atoms with E-state index in [0.717, 1.165) is 5.56 Å². The molecule has 0 aromatic heterocycles. The van der Waals surface area contributed by atoms with Crippen LogP contribution in [-0.4, -0.2) is 37.9 Å². The lowest BCUT2D eigenvalue weighted by Crippen LogP contribution is -2.33. The van der Waals surface area contributed by atoms with Gasteiger partial charge >= 0.3 is 0 Å². The molecule has 23 heavy (non-hydrogen) atoms. The molecule has 0 radical (unpaired) electrons. The first kappa shape index (κ1) is 17.6. The molecule has 0 heterocycles. The Labute approximate surface area is 141 Å². The Balaban J connectivity index is 1.93. The second-order valence-corrected chi connectivity index (χ2v) is 6.03. The van der Waals surface area contributed by atoms with Crippen LogP contribution in [0.4, 0.5) is 4.39 Å². The summed E-state index contributed by atoms with van der Waals surface area (Å²) in [5.74, 6) is -0.400. The molecule has 2 aromatic rings. The Morgan fingerprint density at radius 3 is 2.30 bits per heavy atom. The first-order valence-corrected chi connectivity index (χ1v) is 7.76. The van der Waals surface area contributed by atoms with E-state index in [1.807, 2.05) is 38.4 Å². The Morgan fingerprint density at radius 2 is 1.74 bits per heavy atom. The van der Waals surface area contributed by atoms with Crippen molar-refractivity contribution in [3.63, 3.8) is 0 Å². The highest BCUT2D eigenvalue weighted by Crippen LogP contribution is 2.19. The van der Waals surface area contributed by atoms with Gasteiger partial charge in [-0.05, 0) is 56.1 Å². The number of ketones is 1. The molecule has 0 saturated carbocycles. The number of carbonyl (C=O) groups is 1. The Hall–Kier alpha value is -1.75. The number of nitrogens with one attached hydrogen (secondary N) is 1. The Bertz CT molecular complexity index is 641. The van der Waals surface area contributed by atoms with Gasteiger partial charge in [-0.3, -0.25) is 4.79 Å². The molecule has 0 aliphatic rings. The number of hydrogen-bond donors (Lipinski definition) is 1. The number of carbonyl (C=O) groups excluding carboxylic acids is 1. The highest BCUT2D eigenvalue weighted by Gasteiger charge is 2.14. The van der Waals surface area contributed by atoms with Crippen molar-refractivity contribution in [2.75, 3.05) is 27.2 Å². The van der Waals surface area contributed by atoms with E-state index in [0.29, 0.717) is 17.1 Å². The van der Waals surface area contributed by atoms with Gasteiger partial charge in [-0.1, -0.05) is 23.7 Å². The molecule has 0 aliphatic carbocycles. The van der Waals surface area contributed by atoms with Crippen LogP contribution in [0.1, 0.15) is 22.0 Å². The first-order chi connectivity index (χ1) is 11.0. The summed E-state index contributed by atoms with van der Waals surface area (Å²) in [4.78, 5) is 14.2. The number of likely N-dealkylation sites (N-methyl/N-ethyl adjacent to an activating group) is 1. The molecule has 0 spiro atoms. The summed E-state index contributed by atoms with van der Waals surface area (Å²) in [5.41, 5.74) is 1.63. The maximum Gasteiger partial charge on any atom is 0.176 e.